The van der Waals surface area contributed by atoms with Gasteiger partial charge in [0.15, 0.2) is 23.7 Å². The van der Waals surface area contributed by atoms with Crippen LogP contribution in [0.15, 0.2) is 24.0 Å². The number of esters is 3. The summed E-state index contributed by atoms with van der Waals surface area (Å²) in [5.41, 5.74) is 5.34. The molecule has 41 heavy (non-hydrogen) atoms. The molecular weight excluding hydrogens is 538 g/mol. The number of benzene rings is 1. The van der Waals surface area contributed by atoms with Crippen molar-refractivity contribution >= 4 is 23.9 Å². The van der Waals surface area contributed by atoms with Crippen molar-refractivity contribution in [3.8, 4) is 11.5 Å². The van der Waals surface area contributed by atoms with Gasteiger partial charge in [-0.25, -0.2) is 9.59 Å². The molecule has 4 N–H and O–H groups in total. The minimum atomic E-state index is -1.74. The van der Waals surface area contributed by atoms with E-state index in [1.165, 1.54) is 7.11 Å². The highest BCUT2D eigenvalue weighted by Gasteiger charge is 2.72. The van der Waals surface area contributed by atoms with E-state index in [1.54, 1.807) is 6.08 Å². The summed E-state index contributed by atoms with van der Waals surface area (Å²) in [6, 6.07) is 3.84. The van der Waals surface area contributed by atoms with Crippen molar-refractivity contribution in [2.45, 2.75) is 81.7 Å². The van der Waals surface area contributed by atoms with Crippen LogP contribution in [0, 0.1) is 11.8 Å². The van der Waals surface area contributed by atoms with Gasteiger partial charge in [0, 0.05) is 12.1 Å². The number of hydrogen-bond acceptors (Lipinski definition) is 11. The van der Waals surface area contributed by atoms with Crippen LogP contribution in [0.2, 0.25) is 0 Å². The lowest BCUT2D eigenvalue weighted by Crippen LogP contribution is -2.69. The van der Waals surface area contributed by atoms with E-state index in [2.05, 4.69) is 6.92 Å². The molecule has 1 fully saturated rings. The van der Waals surface area contributed by atoms with Gasteiger partial charge >= 0.3 is 23.9 Å². The zero-order valence-corrected chi connectivity index (χ0v) is 23.2. The molecule has 1 unspecified atom stereocenters. The van der Waals surface area contributed by atoms with Crippen LogP contribution in [-0.2, 0) is 45.2 Å². The van der Waals surface area contributed by atoms with E-state index in [1.807, 2.05) is 12.1 Å². The van der Waals surface area contributed by atoms with Crippen molar-refractivity contribution < 1.29 is 53.1 Å². The van der Waals surface area contributed by atoms with E-state index in [0.717, 1.165) is 24.5 Å². The number of aliphatic hydroxyl groups is 1. The Bertz CT molecular complexity index is 1310. The first kappa shape index (κ1) is 28.9. The van der Waals surface area contributed by atoms with Crippen LogP contribution in [0.25, 0.3) is 0 Å². The molecule has 1 aromatic carbocycles. The summed E-state index contributed by atoms with van der Waals surface area (Å²) in [7, 11) is 1.54. The molecule has 2 bridgehead atoms. The number of aliphatic carboxylic acids is 1. The molecule has 1 spiro atoms. The number of nitrogens with two attached hydrogens (primary N) is 1. The van der Waals surface area contributed by atoms with E-state index in [9.17, 15) is 24.3 Å². The van der Waals surface area contributed by atoms with Crippen molar-refractivity contribution in [2.24, 2.45) is 17.6 Å². The first-order chi connectivity index (χ1) is 19.5. The molecule has 0 saturated heterocycles. The van der Waals surface area contributed by atoms with Gasteiger partial charge in [-0.3, -0.25) is 9.59 Å². The highest BCUT2D eigenvalue weighted by Crippen LogP contribution is 2.68. The number of carboxylic acid groups (broad SMARTS) is 1. The van der Waals surface area contributed by atoms with E-state index < -0.39 is 59.6 Å². The maximum absolute atomic E-state index is 13.2. The molecule has 4 aliphatic rings. The number of rotatable bonds is 10. The summed E-state index contributed by atoms with van der Waals surface area (Å²) >= 11 is 0. The summed E-state index contributed by atoms with van der Waals surface area (Å²) in [5, 5.41) is 21.4. The number of carbonyl (C=O) groups is 4. The standard InChI is InChI=1S/C29H35NO11/c1-14-6-9-28-23-16-4-5-18(37-3)24(23)41-25(28)19(7-10-29(28,36)17(14)12-16)39-22(32)13-20(40-21(31)8-11-30)27(35)38-15(2)26(33)34/h4-5,7,14-15,17,20,25,36H,6,8-13,30H2,1-3H3,(H,33,34)/t14?,15-,17-,20-,25-,28-,29+/m0/s1. The van der Waals surface area contributed by atoms with Crippen LogP contribution in [0.5, 0.6) is 11.5 Å². The van der Waals surface area contributed by atoms with Gasteiger partial charge in [-0.2, -0.15) is 0 Å². The third kappa shape index (κ3) is 4.53. The number of hydrogen-bond donors (Lipinski definition) is 3. The predicted molar refractivity (Wildman–Crippen MR) is 140 cm³/mol. The summed E-state index contributed by atoms with van der Waals surface area (Å²) in [4.78, 5) is 49.1. The zero-order chi connectivity index (χ0) is 29.7. The molecule has 1 aromatic rings. The van der Waals surface area contributed by atoms with Gasteiger partial charge in [0.05, 0.1) is 31.0 Å². The monoisotopic (exact) mass is 573 g/mol. The lowest BCUT2D eigenvalue weighted by molar-refractivity contribution is -0.180. The van der Waals surface area contributed by atoms with E-state index in [4.69, 9.17) is 34.5 Å². The highest BCUT2D eigenvalue weighted by atomic mass is 16.6. The number of carboxylic acids is 1. The molecule has 7 atom stereocenters. The highest BCUT2D eigenvalue weighted by molar-refractivity contribution is 5.86. The lowest BCUT2D eigenvalue weighted by Gasteiger charge is -2.61. The van der Waals surface area contributed by atoms with Gasteiger partial charge in [0.1, 0.15) is 5.76 Å². The van der Waals surface area contributed by atoms with Crippen molar-refractivity contribution in [3.05, 3.63) is 35.1 Å². The Hall–Kier alpha value is -3.64. The van der Waals surface area contributed by atoms with Crippen LogP contribution in [-0.4, -0.2) is 71.7 Å². The number of carbonyl (C=O) groups excluding carboxylic acids is 3. The first-order valence-corrected chi connectivity index (χ1v) is 13.8. The summed E-state index contributed by atoms with van der Waals surface area (Å²) in [5.74, 6) is -2.94. The summed E-state index contributed by atoms with van der Waals surface area (Å²) in [6.45, 7) is 3.22. The summed E-state index contributed by atoms with van der Waals surface area (Å²) < 4.78 is 27.7. The van der Waals surface area contributed by atoms with Crippen molar-refractivity contribution in [2.75, 3.05) is 13.7 Å². The van der Waals surface area contributed by atoms with Gasteiger partial charge in [-0.1, -0.05) is 13.0 Å². The molecule has 1 saturated carbocycles. The Balaban J connectivity index is 1.43. The molecular formula is C29H35NO11. The molecule has 0 radical (unpaired) electrons. The maximum Gasteiger partial charge on any atom is 0.348 e. The van der Waals surface area contributed by atoms with Gasteiger partial charge in [-0.05, 0) is 62.1 Å². The largest absolute Gasteiger partial charge is 0.493 e. The van der Waals surface area contributed by atoms with Gasteiger partial charge in [-0.15, -0.1) is 0 Å². The fraction of sp³-hybridized carbons (Fsp3) is 0.586. The fourth-order valence-electron chi connectivity index (χ4n) is 7.10. The maximum atomic E-state index is 13.2. The van der Waals surface area contributed by atoms with Crippen LogP contribution >= 0.6 is 0 Å². The number of ether oxygens (including phenoxy) is 5. The van der Waals surface area contributed by atoms with Crippen LogP contribution in [0.3, 0.4) is 0 Å². The Labute approximate surface area is 236 Å². The lowest BCUT2D eigenvalue weighted by atomic mass is 9.45. The zero-order valence-electron chi connectivity index (χ0n) is 23.2. The van der Waals surface area contributed by atoms with Gasteiger partial charge in [0.25, 0.3) is 0 Å². The molecule has 0 aromatic heterocycles. The molecule has 0 amide bonds. The second kappa shape index (κ2) is 10.6. The minimum absolute atomic E-state index is 0.0278. The number of methoxy groups -OCH3 is 1. The predicted octanol–water partition coefficient (Wildman–Crippen LogP) is 1.53. The quantitative estimate of drug-likeness (QED) is 0.272. The Morgan fingerprint density at radius 2 is 1.95 bits per heavy atom. The molecule has 12 nitrogen and oxygen atoms in total. The van der Waals surface area contributed by atoms with Crippen molar-refractivity contribution in [1.82, 2.24) is 0 Å². The molecule has 5 rings (SSSR count). The molecule has 1 aliphatic heterocycles. The van der Waals surface area contributed by atoms with Gasteiger partial charge in [0.2, 0.25) is 6.10 Å². The second-order valence-electron chi connectivity index (χ2n) is 11.3. The second-order valence-corrected chi connectivity index (χ2v) is 11.3. The third-order valence-electron chi connectivity index (χ3n) is 9.05. The average Bonchev–Trinajstić information content (AvgIpc) is 3.27. The van der Waals surface area contributed by atoms with E-state index in [0.29, 0.717) is 24.3 Å². The normalized spacial score (nSPS) is 30.1. The fourth-order valence-corrected chi connectivity index (χ4v) is 7.10. The topological polar surface area (TPSA) is 181 Å². The van der Waals surface area contributed by atoms with E-state index >= 15 is 0 Å². The molecule has 222 valence electrons. The Morgan fingerprint density at radius 1 is 1.20 bits per heavy atom. The first-order valence-electron chi connectivity index (χ1n) is 13.8. The van der Waals surface area contributed by atoms with Crippen LogP contribution in [0.1, 0.15) is 57.1 Å². The molecule has 3 aliphatic carbocycles. The third-order valence-corrected chi connectivity index (χ3v) is 9.05. The molecule has 12 heteroatoms. The average molecular weight is 574 g/mol. The minimum Gasteiger partial charge on any atom is -0.493 e. The van der Waals surface area contributed by atoms with E-state index in [-0.39, 0.29) is 37.0 Å². The van der Waals surface area contributed by atoms with Gasteiger partial charge < -0.3 is 39.6 Å². The smallest absolute Gasteiger partial charge is 0.348 e. The van der Waals surface area contributed by atoms with Crippen LogP contribution < -0.4 is 15.2 Å². The SMILES string of the molecule is COc1ccc2c3c1O[C@H]1C(OC(=O)C[C@H](OC(=O)CCN)C(=O)O[C@@H](C)C(=O)O)=CC[C@@]4(O)[C@@H](C2)C(C)CC[C@]314. The van der Waals surface area contributed by atoms with Crippen LogP contribution in [0.4, 0.5) is 0 Å². The Morgan fingerprint density at radius 3 is 2.63 bits per heavy atom. The Kier molecular flexibility index (Phi) is 7.49. The summed E-state index contributed by atoms with van der Waals surface area (Å²) in [6.07, 6.45) is -1.05. The van der Waals surface area contributed by atoms with Crippen molar-refractivity contribution in [3.63, 3.8) is 0 Å². The van der Waals surface area contributed by atoms with Crippen molar-refractivity contribution in [1.29, 1.82) is 0 Å². The molecule has 1 heterocycles.